The lowest BCUT2D eigenvalue weighted by Crippen LogP contribution is -2.24. The summed E-state index contributed by atoms with van der Waals surface area (Å²) in [6, 6.07) is 0. The highest BCUT2D eigenvalue weighted by Crippen LogP contribution is 2.48. The van der Waals surface area contributed by atoms with Gasteiger partial charge >= 0.3 is 5.97 Å². The molecule has 160 valence electrons. The van der Waals surface area contributed by atoms with Gasteiger partial charge in [0.15, 0.2) is 0 Å². The summed E-state index contributed by atoms with van der Waals surface area (Å²) < 4.78 is 28.0. The first kappa shape index (κ1) is 21.1. The molecule has 2 aromatic rings. The highest BCUT2D eigenvalue weighted by atomic mass is 32.1. The van der Waals surface area contributed by atoms with Crippen LogP contribution in [-0.4, -0.2) is 27.9 Å². The van der Waals surface area contributed by atoms with Crippen LogP contribution in [0.25, 0.3) is 10.6 Å². The number of carbonyl (C=O) groups excluding carboxylic acids is 1. The van der Waals surface area contributed by atoms with Crippen LogP contribution >= 0.6 is 22.7 Å². The van der Waals surface area contributed by atoms with E-state index in [1.807, 2.05) is 19.2 Å². The number of nitrogens with one attached hydrogen (secondary N) is 1. The molecule has 2 N–H and O–H groups in total. The monoisotopic (exact) mass is 452 g/mol. The zero-order valence-corrected chi connectivity index (χ0v) is 18.3. The fourth-order valence-corrected chi connectivity index (χ4v) is 6.39. The minimum absolute atomic E-state index is 0.137. The maximum Gasteiger partial charge on any atom is 0.332 e. The highest BCUT2D eigenvalue weighted by molar-refractivity contribution is 7.18. The van der Waals surface area contributed by atoms with Crippen LogP contribution in [0.4, 0.5) is 13.8 Å². The Hall–Kier alpha value is -2.13. The molecule has 5 nitrogen and oxygen atoms in total. The molecule has 0 spiro atoms. The molecule has 0 bridgehead atoms. The number of anilines is 1. The minimum atomic E-state index is -2.76. The van der Waals surface area contributed by atoms with Crippen molar-refractivity contribution in [3.05, 3.63) is 32.7 Å². The van der Waals surface area contributed by atoms with Crippen LogP contribution < -0.4 is 5.32 Å². The standard InChI is InChI=1S/C21H22F2N2O3S2/c1-10(2)14-9-29-18(24-14)16-13-6-7-21(22,23)8-15(13)30-19(16)25-17(26)11-4-3-5-12(11)20(27)28/h9-10H,3-8H2,1-2H3,(H,25,26)(H,27,28). The molecule has 0 saturated heterocycles. The van der Waals surface area contributed by atoms with Gasteiger partial charge in [0.1, 0.15) is 10.0 Å². The number of hydrogen-bond acceptors (Lipinski definition) is 5. The van der Waals surface area contributed by atoms with Crippen molar-refractivity contribution in [3.63, 3.8) is 0 Å². The third kappa shape index (κ3) is 3.92. The predicted octanol–water partition coefficient (Wildman–Crippen LogP) is 5.62. The van der Waals surface area contributed by atoms with E-state index in [9.17, 15) is 23.5 Å². The van der Waals surface area contributed by atoms with Crippen molar-refractivity contribution >= 4 is 39.6 Å². The van der Waals surface area contributed by atoms with Gasteiger partial charge in [-0.2, -0.15) is 0 Å². The Morgan fingerprint density at radius 2 is 1.97 bits per heavy atom. The molecule has 0 fully saturated rings. The van der Waals surface area contributed by atoms with E-state index in [0.717, 1.165) is 22.6 Å². The van der Waals surface area contributed by atoms with Gasteiger partial charge in [0, 0.05) is 39.8 Å². The van der Waals surface area contributed by atoms with Crippen LogP contribution in [0.1, 0.15) is 61.6 Å². The molecule has 2 heterocycles. The SMILES string of the molecule is CC(C)c1csc(-c2c(NC(=O)C3=C(C(=O)O)CCC3)sc3c2CCC(F)(F)C3)n1. The molecule has 0 radical (unpaired) electrons. The summed E-state index contributed by atoms with van der Waals surface area (Å²) in [6.45, 7) is 4.07. The van der Waals surface area contributed by atoms with Gasteiger partial charge in [-0.05, 0) is 37.2 Å². The number of amides is 1. The third-order valence-electron chi connectivity index (χ3n) is 5.56. The van der Waals surface area contributed by atoms with Crippen molar-refractivity contribution in [2.45, 2.75) is 64.2 Å². The number of carbonyl (C=O) groups is 2. The molecular formula is C21H22F2N2O3S2. The van der Waals surface area contributed by atoms with Gasteiger partial charge in [0.25, 0.3) is 11.8 Å². The summed E-state index contributed by atoms with van der Waals surface area (Å²) in [5.74, 6) is -4.07. The van der Waals surface area contributed by atoms with Crippen LogP contribution in [-0.2, 0) is 22.4 Å². The Balaban J connectivity index is 1.75. The normalized spacial score (nSPS) is 18.0. The Morgan fingerprint density at radius 3 is 2.63 bits per heavy atom. The Bertz CT molecular complexity index is 1050. The Labute approximate surface area is 180 Å². The van der Waals surface area contributed by atoms with Gasteiger partial charge in [-0.1, -0.05) is 13.8 Å². The highest BCUT2D eigenvalue weighted by Gasteiger charge is 2.38. The number of aliphatic carboxylic acids is 1. The van der Waals surface area contributed by atoms with Crippen molar-refractivity contribution in [3.8, 4) is 10.6 Å². The lowest BCUT2D eigenvalue weighted by atomic mass is 9.93. The minimum Gasteiger partial charge on any atom is -0.478 e. The van der Waals surface area contributed by atoms with Crippen LogP contribution in [0, 0.1) is 0 Å². The number of nitrogens with zero attached hydrogens (tertiary/aromatic N) is 1. The first-order valence-corrected chi connectivity index (χ1v) is 11.6. The van der Waals surface area contributed by atoms with E-state index in [0.29, 0.717) is 39.7 Å². The Morgan fingerprint density at radius 1 is 1.23 bits per heavy atom. The summed E-state index contributed by atoms with van der Waals surface area (Å²) in [4.78, 5) is 29.6. The lowest BCUT2D eigenvalue weighted by Gasteiger charge is -2.21. The number of carboxylic acids is 1. The van der Waals surface area contributed by atoms with Crippen LogP contribution in [0.3, 0.4) is 0 Å². The van der Waals surface area contributed by atoms with E-state index < -0.39 is 17.8 Å². The van der Waals surface area contributed by atoms with Crippen molar-refractivity contribution < 1.29 is 23.5 Å². The molecule has 0 aliphatic heterocycles. The van der Waals surface area contributed by atoms with Crippen LogP contribution in [0.5, 0.6) is 0 Å². The van der Waals surface area contributed by atoms with E-state index >= 15 is 0 Å². The number of fused-ring (bicyclic) bond motifs is 1. The van der Waals surface area contributed by atoms with Crippen LogP contribution in [0.15, 0.2) is 16.5 Å². The molecule has 4 rings (SSSR count). The molecule has 0 atom stereocenters. The van der Waals surface area contributed by atoms with Crippen LogP contribution in [0.2, 0.25) is 0 Å². The number of alkyl halides is 2. The summed E-state index contributed by atoms with van der Waals surface area (Å²) in [7, 11) is 0. The molecule has 0 saturated carbocycles. The van der Waals surface area contributed by atoms with Gasteiger partial charge in [-0.3, -0.25) is 4.79 Å². The van der Waals surface area contributed by atoms with Gasteiger partial charge < -0.3 is 10.4 Å². The molecule has 1 amide bonds. The number of carboxylic acid groups (broad SMARTS) is 1. The third-order valence-corrected chi connectivity index (χ3v) is 7.58. The average molecular weight is 453 g/mol. The second kappa shape index (κ2) is 7.85. The maximum atomic E-state index is 14.0. The molecular weight excluding hydrogens is 430 g/mol. The molecule has 9 heteroatoms. The van der Waals surface area contributed by atoms with Gasteiger partial charge in [0.05, 0.1) is 5.69 Å². The summed E-state index contributed by atoms with van der Waals surface area (Å²) in [5.41, 5.74) is 2.86. The molecule has 0 aromatic carbocycles. The number of halogens is 2. The average Bonchev–Trinajstić information content (AvgIpc) is 3.38. The summed E-state index contributed by atoms with van der Waals surface area (Å²) >= 11 is 2.60. The summed E-state index contributed by atoms with van der Waals surface area (Å²) in [5, 5.41) is 15.3. The first-order valence-electron chi connectivity index (χ1n) is 9.91. The summed E-state index contributed by atoms with van der Waals surface area (Å²) in [6.07, 6.45) is 1.04. The molecule has 2 aromatic heterocycles. The van der Waals surface area contributed by atoms with Crippen molar-refractivity contribution in [1.29, 1.82) is 0 Å². The molecule has 0 unspecified atom stereocenters. The number of rotatable bonds is 5. The van der Waals surface area contributed by atoms with Gasteiger partial charge in [0.2, 0.25) is 0 Å². The number of aromatic nitrogens is 1. The quantitative estimate of drug-likeness (QED) is 0.617. The molecule has 2 aliphatic rings. The second-order valence-electron chi connectivity index (χ2n) is 8.04. The van der Waals surface area contributed by atoms with E-state index in [1.165, 1.54) is 11.3 Å². The zero-order chi connectivity index (χ0) is 21.6. The van der Waals surface area contributed by atoms with E-state index in [4.69, 9.17) is 0 Å². The maximum absolute atomic E-state index is 14.0. The van der Waals surface area contributed by atoms with E-state index in [2.05, 4.69) is 10.3 Å². The van der Waals surface area contributed by atoms with Gasteiger partial charge in [-0.15, -0.1) is 22.7 Å². The number of hydrogen-bond donors (Lipinski definition) is 2. The van der Waals surface area contributed by atoms with Gasteiger partial charge in [-0.25, -0.2) is 18.6 Å². The smallest absolute Gasteiger partial charge is 0.332 e. The van der Waals surface area contributed by atoms with Crippen molar-refractivity contribution in [2.24, 2.45) is 0 Å². The van der Waals surface area contributed by atoms with E-state index in [-0.39, 0.29) is 36.3 Å². The molecule has 30 heavy (non-hydrogen) atoms. The first-order chi connectivity index (χ1) is 14.2. The predicted molar refractivity (Wildman–Crippen MR) is 114 cm³/mol. The van der Waals surface area contributed by atoms with Crippen molar-refractivity contribution in [1.82, 2.24) is 4.98 Å². The lowest BCUT2D eigenvalue weighted by molar-refractivity contribution is -0.133. The van der Waals surface area contributed by atoms with E-state index in [1.54, 1.807) is 0 Å². The topological polar surface area (TPSA) is 79.3 Å². The number of thiophene rings is 1. The largest absolute Gasteiger partial charge is 0.478 e. The number of thiazole rings is 1. The fraction of sp³-hybridized carbons (Fsp3) is 0.476. The zero-order valence-electron chi connectivity index (χ0n) is 16.7. The fourth-order valence-electron chi connectivity index (χ4n) is 3.94. The second-order valence-corrected chi connectivity index (χ2v) is 10.0. The molecule has 2 aliphatic carbocycles. The Kier molecular flexibility index (Phi) is 5.52. The van der Waals surface area contributed by atoms with Crippen molar-refractivity contribution in [2.75, 3.05) is 5.32 Å².